The number of hydrogen-bond acceptors (Lipinski definition) is 2. The van der Waals surface area contributed by atoms with Crippen molar-refractivity contribution in [2.24, 2.45) is 0 Å². The zero-order valence-electron chi connectivity index (χ0n) is 11.9. The van der Waals surface area contributed by atoms with Gasteiger partial charge in [-0.25, -0.2) is 0 Å². The molecule has 0 fully saturated rings. The molecule has 0 saturated heterocycles. The molecule has 5 heteroatoms. The van der Waals surface area contributed by atoms with Crippen LogP contribution < -0.4 is 5.32 Å². The number of anilines is 1. The van der Waals surface area contributed by atoms with Gasteiger partial charge in [-0.05, 0) is 72.6 Å². The number of carbonyl (C=O) groups excluding carboxylic acids is 1. The van der Waals surface area contributed by atoms with Crippen LogP contribution in [-0.4, -0.2) is 24.9 Å². The number of carbonyl (C=O) groups is 1. The van der Waals surface area contributed by atoms with Crippen molar-refractivity contribution in [3.8, 4) is 0 Å². The Hall–Kier alpha value is -1.11. The van der Waals surface area contributed by atoms with Gasteiger partial charge in [0, 0.05) is 21.4 Å². The molecule has 1 amide bonds. The Balaban J connectivity index is 2.13. The Morgan fingerprint density at radius 1 is 1.24 bits per heavy atom. The molecule has 0 aliphatic rings. The van der Waals surface area contributed by atoms with Crippen molar-refractivity contribution in [2.75, 3.05) is 19.4 Å². The van der Waals surface area contributed by atoms with Gasteiger partial charge in [-0.3, -0.25) is 4.79 Å². The topological polar surface area (TPSA) is 32.3 Å². The zero-order valence-corrected chi connectivity index (χ0v) is 14.8. The Kier molecular flexibility index (Phi) is 5.61. The first kappa shape index (κ1) is 16.3. The van der Waals surface area contributed by atoms with Gasteiger partial charge in [0.15, 0.2) is 0 Å². The van der Waals surface area contributed by atoms with E-state index in [2.05, 4.69) is 32.8 Å². The maximum absolute atomic E-state index is 12.2. The molecule has 0 bridgehead atoms. The fraction of sp³-hybridized carbons (Fsp3) is 0.188. The van der Waals surface area contributed by atoms with Crippen molar-refractivity contribution in [3.05, 3.63) is 62.2 Å². The van der Waals surface area contributed by atoms with Crippen LogP contribution in [0.25, 0.3) is 0 Å². The fourth-order valence-electron chi connectivity index (χ4n) is 1.95. The molecule has 110 valence electrons. The van der Waals surface area contributed by atoms with Gasteiger partial charge < -0.3 is 10.2 Å². The number of benzene rings is 2. The summed E-state index contributed by atoms with van der Waals surface area (Å²) in [7, 11) is 4.03. The minimum Gasteiger partial charge on any atom is -0.322 e. The van der Waals surface area contributed by atoms with Gasteiger partial charge >= 0.3 is 0 Å². The van der Waals surface area contributed by atoms with E-state index >= 15 is 0 Å². The van der Waals surface area contributed by atoms with E-state index in [0.29, 0.717) is 10.6 Å². The molecule has 0 atom stereocenters. The van der Waals surface area contributed by atoms with Crippen molar-refractivity contribution in [2.45, 2.75) is 6.54 Å². The highest BCUT2D eigenvalue weighted by Gasteiger charge is 2.08. The smallest absolute Gasteiger partial charge is 0.255 e. The summed E-state index contributed by atoms with van der Waals surface area (Å²) < 4.78 is 0.929. The summed E-state index contributed by atoms with van der Waals surface area (Å²) >= 11 is 8.19. The summed E-state index contributed by atoms with van der Waals surface area (Å²) in [5.41, 5.74) is 2.49. The summed E-state index contributed by atoms with van der Waals surface area (Å²) in [4.78, 5) is 14.3. The predicted octanol–water partition coefficient (Wildman–Crippen LogP) is 4.26. The number of amides is 1. The van der Waals surface area contributed by atoms with Crippen LogP contribution in [0.5, 0.6) is 0 Å². The van der Waals surface area contributed by atoms with Gasteiger partial charge in [-0.15, -0.1) is 0 Å². The van der Waals surface area contributed by atoms with Crippen LogP contribution in [0, 0.1) is 3.57 Å². The van der Waals surface area contributed by atoms with Gasteiger partial charge in [0.25, 0.3) is 5.91 Å². The van der Waals surface area contributed by atoms with Gasteiger partial charge in [-0.2, -0.15) is 0 Å². The molecule has 3 nitrogen and oxygen atoms in total. The van der Waals surface area contributed by atoms with Gasteiger partial charge in [0.05, 0.1) is 5.02 Å². The average molecular weight is 415 g/mol. The third kappa shape index (κ3) is 4.69. The third-order valence-electron chi connectivity index (χ3n) is 2.87. The van der Waals surface area contributed by atoms with Crippen LogP contribution in [0.15, 0.2) is 42.5 Å². The largest absolute Gasteiger partial charge is 0.322 e. The molecule has 0 unspecified atom stereocenters. The molecule has 21 heavy (non-hydrogen) atoms. The lowest BCUT2D eigenvalue weighted by Gasteiger charge is -2.11. The Bertz CT molecular complexity index is 658. The summed E-state index contributed by atoms with van der Waals surface area (Å²) in [6.07, 6.45) is 0. The first-order valence-corrected chi connectivity index (χ1v) is 7.91. The van der Waals surface area contributed by atoms with Crippen LogP contribution in [0.3, 0.4) is 0 Å². The second kappa shape index (κ2) is 7.24. The number of rotatable bonds is 4. The van der Waals surface area contributed by atoms with E-state index in [1.54, 1.807) is 12.1 Å². The Morgan fingerprint density at radius 3 is 2.67 bits per heavy atom. The number of nitrogens with zero attached hydrogens (tertiary/aromatic N) is 1. The maximum Gasteiger partial charge on any atom is 0.255 e. The van der Waals surface area contributed by atoms with Crippen LogP contribution in [0.1, 0.15) is 15.9 Å². The van der Waals surface area contributed by atoms with Gasteiger partial charge in [0.2, 0.25) is 0 Å². The van der Waals surface area contributed by atoms with Crippen LogP contribution in [0.2, 0.25) is 5.02 Å². The zero-order chi connectivity index (χ0) is 15.4. The van der Waals surface area contributed by atoms with Crippen molar-refractivity contribution in [3.63, 3.8) is 0 Å². The highest BCUT2D eigenvalue weighted by atomic mass is 127. The van der Waals surface area contributed by atoms with Gasteiger partial charge in [-0.1, -0.05) is 23.7 Å². The summed E-state index contributed by atoms with van der Waals surface area (Å²) in [6, 6.07) is 13.1. The van der Waals surface area contributed by atoms with E-state index in [4.69, 9.17) is 11.6 Å². The minimum absolute atomic E-state index is 0.157. The van der Waals surface area contributed by atoms with Gasteiger partial charge in [0.1, 0.15) is 0 Å². The molecule has 0 saturated carbocycles. The second-order valence-electron chi connectivity index (χ2n) is 5.02. The molecule has 2 aromatic rings. The first-order valence-electron chi connectivity index (χ1n) is 6.46. The van der Waals surface area contributed by atoms with Crippen LogP contribution in [-0.2, 0) is 6.54 Å². The molecular formula is C16H16ClIN2O. The second-order valence-corrected chi connectivity index (χ2v) is 6.59. The molecule has 2 rings (SSSR count). The monoisotopic (exact) mass is 414 g/mol. The minimum atomic E-state index is -0.157. The number of halogens is 2. The van der Waals surface area contributed by atoms with Crippen LogP contribution in [0.4, 0.5) is 5.69 Å². The molecule has 0 radical (unpaired) electrons. The highest BCUT2D eigenvalue weighted by Crippen LogP contribution is 2.20. The van der Waals surface area contributed by atoms with Crippen molar-refractivity contribution in [1.82, 2.24) is 4.90 Å². The van der Waals surface area contributed by atoms with Crippen LogP contribution >= 0.6 is 34.2 Å². The molecule has 0 heterocycles. The fourth-order valence-corrected chi connectivity index (χ4v) is 2.47. The highest BCUT2D eigenvalue weighted by molar-refractivity contribution is 14.1. The molecule has 0 aliphatic carbocycles. The summed E-state index contributed by atoms with van der Waals surface area (Å²) in [6.45, 7) is 0.832. The molecule has 1 N–H and O–H groups in total. The van der Waals surface area contributed by atoms with E-state index in [1.807, 2.05) is 44.4 Å². The van der Waals surface area contributed by atoms with Crippen molar-refractivity contribution in [1.29, 1.82) is 0 Å². The van der Waals surface area contributed by atoms with E-state index in [0.717, 1.165) is 21.4 Å². The Morgan fingerprint density at radius 2 is 2.00 bits per heavy atom. The SMILES string of the molecule is CN(C)Cc1cccc(NC(=O)c2ccc(I)c(Cl)c2)c1. The molecule has 0 aliphatic heterocycles. The predicted molar refractivity (Wildman–Crippen MR) is 96.0 cm³/mol. The van der Waals surface area contributed by atoms with Crippen molar-refractivity contribution >= 4 is 45.8 Å². The lowest BCUT2D eigenvalue weighted by molar-refractivity contribution is 0.102. The standard InChI is InChI=1S/C16H16ClIN2O/c1-20(2)10-11-4-3-5-13(8-11)19-16(21)12-6-7-15(18)14(17)9-12/h3-9H,10H2,1-2H3,(H,19,21). The van der Waals surface area contributed by atoms with E-state index in [9.17, 15) is 4.79 Å². The maximum atomic E-state index is 12.2. The number of hydrogen-bond donors (Lipinski definition) is 1. The summed E-state index contributed by atoms with van der Waals surface area (Å²) in [5.74, 6) is -0.157. The normalized spacial score (nSPS) is 10.7. The average Bonchev–Trinajstić information content (AvgIpc) is 2.41. The molecule has 0 spiro atoms. The first-order chi connectivity index (χ1) is 9.95. The lowest BCUT2D eigenvalue weighted by Crippen LogP contribution is -2.13. The van der Waals surface area contributed by atoms with Crippen molar-refractivity contribution < 1.29 is 4.79 Å². The van der Waals surface area contributed by atoms with E-state index in [1.165, 1.54) is 0 Å². The van der Waals surface area contributed by atoms with E-state index < -0.39 is 0 Å². The number of nitrogens with one attached hydrogen (secondary N) is 1. The molecular weight excluding hydrogens is 399 g/mol. The quantitative estimate of drug-likeness (QED) is 0.758. The third-order valence-corrected chi connectivity index (χ3v) is 4.44. The molecule has 0 aromatic heterocycles. The molecule has 2 aromatic carbocycles. The lowest BCUT2D eigenvalue weighted by atomic mass is 10.1. The van der Waals surface area contributed by atoms with E-state index in [-0.39, 0.29) is 5.91 Å². The summed E-state index contributed by atoms with van der Waals surface area (Å²) in [5, 5.41) is 3.49. The Labute approximate surface area is 143 Å².